The molecule has 2 heterocycles. The van der Waals surface area contributed by atoms with Crippen LogP contribution in [0, 0.1) is 0 Å². The fraction of sp³-hybridized carbons (Fsp3) is 0.806. The van der Waals surface area contributed by atoms with E-state index in [0.717, 1.165) is 77.0 Å². The molecule has 2 fully saturated rings. The SMILES string of the molecule is CC/C=C\C/C=C\C/C=C\C/C=C\CCCCCCCCCCCCCCC(=O)OC(COCCCCCCCCCCCC/C=C\C/C=C\CCCCCCC)COC1OC(COC2OC(CO)C(O)C(O)C2O)C(O)C(O)C1O. The van der Waals surface area contributed by atoms with Gasteiger partial charge in [-0.05, 0) is 83.5 Å². The number of carbonyl (C=O) groups excluding carboxylic acids is 1. The van der Waals surface area contributed by atoms with E-state index in [4.69, 9.17) is 28.4 Å². The van der Waals surface area contributed by atoms with Crippen LogP contribution in [0.2, 0.25) is 0 Å². The summed E-state index contributed by atoms with van der Waals surface area (Å²) < 4.78 is 34.5. The van der Waals surface area contributed by atoms with Gasteiger partial charge in [-0.25, -0.2) is 0 Å². The molecule has 2 rings (SSSR count). The Morgan fingerprint density at radius 1 is 0.420 bits per heavy atom. The Hall–Kier alpha value is -2.57. The summed E-state index contributed by atoms with van der Waals surface area (Å²) in [6, 6.07) is 0. The molecule has 2 aliphatic heterocycles. The smallest absolute Gasteiger partial charge is 0.306 e. The average molecular weight is 1150 g/mol. The van der Waals surface area contributed by atoms with E-state index in [0.29, 0.717) is 13.0 Å². The molecule has 7 N–H and O–H groups in total. The molecule has 0 aromatic carbocycles. The first kappa shape index (κ1) is 74.5. The fourth-order valence-corrected chi connectivity index (χ4v) is 10.0. The number of aliphatic hydroxyl groups is 7. The van der Waals surface area contributed by atoms with Crippen LogP contribution in [0.3, 0.4) is 0 Å². The number of carbonyl (C=O) groups is 1. The Balaban J connectivity index is 1.67. The summed E-state index contributed by atoms with van der Waals surface area (Å²) in [5.41, 5.74) is 0. The number of allylic oxidation sites excluding steroid dienone is 12. The van der Waals surface area contributed by atoms with Crippen molar-refractivity contribution in [2.45, 2.75) is 313 Å². The molecule has 11 unspecified atom stereocenters. The zero-order chi connectivity index (χ0) is 58.6. The van der Waals surface area contributed by atoms with Gasteiger partial charge in [0.1, 0.15) is 54.9 Å². The monoisotopic (exact) mass is 1150 g/mol. The molecule has 0 aliphatic carbocycles. The van der Waals surface area contributed by atoms with E-state index in [1.807, 2.05) is 0 Å². The summed E-state index contributed by atoms with van der Waals surface area (Å²) in [5.74, 6) is -0.379. The van der Waals surface area contributed by atoms with Gasteiger partial charge in [-0.2, -0.15) is 0 Å². The van der Waals surface area contributed by atoms with Crippen LogP contribution < -0.4 is 0 Å². The zero-order valence-electron chi connectivity index (χ0n) is 50.8. The van der Waals surface area contributed by atoms with Gasteiger partial charge in [0.2, 0.25) is 0 Å². The second-order valence-electron chi connectivity index (χ2n) is 22.6. The Bertz CT molecular complexity index is 1610. The molecule has 11 atom stereocenters. The van der Waals surface area contributed by atoms with Gasteiger partial charge >= 0.3 is 5.97 Å². The third-order valence-electron chi connectivity index (χ3n) is 15.2. The van der Waals surface area contributed by atoms with Crippen LogP contribution >= 0.6 is 0 Å². The van der Waals surface area contributed by atoms with Crippen LogP contribution in [0.25, 0.3) is 0 Å². The van der Waals surface area contributed by atoms with E-state index >= 15 is 0 Å². The number of esters is 1. The molecule has 0 radical (unpaired) electrons. The molecule has 2 aliphatic rings. The normalized spacial score (nSPS) is 24.2. The molecule has 14 heteroatoms. The van der Waals surface area contributed by atoms with Crippen molar-refractivity contribution in [2.75, 3.05) is 33.0 Å². The maximum absolute atomic E-state index is 13.1. The summed E-state index contributed by atoms with van der Waals surface area (Å²) in [5, 5.41) is 72.5. The van der Waals surface area contributed by atoms with Crippen LogP contribution in [0.5, 0.6) is 0 Å². The lowest BCUT2D eigenvalue weighted by Gasteiger charge is -2.42. The highest BCUT2D eigenvalue weighted by Crippen LogP contribution is 2.27. The minimum Gasteiger partial charge on any atom is -0.457 e. The number of hydrogen-bond donors (Lipinski definition) is 7. The summed E-state index contributed by atoms with van der Waals surface area (Å²) in [4.78, 5) is 13.1. The van der Waals surface area contributed by atoms with Crippen molar-refractivity contribution in [3.63, 3.8) is 0 Å². The first-order valence-electron chi connectivity index (χ1n) is 32.5. The van der Waals surface area contributed by atoms with Gasteiger partial charge in [0, 0.05) is 13.0 Å². The lowest BCUT2D eigenvalue weighted by molar-refractivity contribution is -0.332. The minimum absolute atomic E-state index is 0.0571. The Morgan fingerprint density at radius 3 is 1.26 bits per heavy atom. The van der Waals surface area contributed by atoms with Crippen molar-refractivity contribution in [2.24, 2.45) is 0 Å². The van der Waals surface area contributed by atoms with Crippen LogP contribution in [0.4, 0.5) is 0 Å². The standard InChI is InChI=1S/C67H118O14/c1-3-5-7-9-11-13-15-17-19-21-23-25-27-28-29-30-32-34-36-38-40-42-44-46-48-50-59(69)79-56(53-76-51-49-47-45-43-41-39-37-35-33-31-26-24-22-20-18-16-14-12-10-8-6-4-2)54-77-66-65(75)63(73)61(71)58(81-66)55-78-67-64(74)62(72)60(70)57(52-68)80-67/h5,7,11,13,16-19,22-25,56-58,60-68,70-75H,3-4,6,8-10,12,14-15,20-21,26-55H2,1-2H3/b7-5-,13-11-,18-16-,19-17-,24-22-,25-23-. The summed E-state index contributed by atoms with van der Waals surface area (Å²) in [6.07, 6.45) is 52.5. The van der Waals surface area contributed by atoms with Gasteiger partial charge in [-0.1, -0.05) is 228 Å². The molecule has 0 amide bonds. The molecule has 2 saturated heterocycles. The van der Waals surface area contributed by atoms with Crippen LogP contribution in [-0.4, -0.2) is 142 Å². The van der Waals surface area contributed by atoms with Crippen molar-refractivity contribution in [1.29, 1.82) is 0 Å². The minimum atomic E-state index is -1.71. The predicted octanol–water partition coefficient (Wildman–Crippen LogP) is 13.0. The molecular weight excluding hydrogens is 1030 g/mol. The summed E-state index contributed by atoms with van der Waals surface area (Å²) >= 11 is 0. The van der Waals surface area contributed by atoms with Gasteiger partial charge < -0.3 is 64.2 Å². The van der Waals surface area contributed by atoms with E-state index in [2.05, 4.69) is 86.8 Å². The predicted molar refractivity (Wildman–Crippen MR) is 325 cm³/mol. The third kappa shape index (κ3) is 38.9. The van der Waals surface area contributed by atoms with Gasteiger partial charge in [-0.15, -0.1) is 0 Å². The Labute approximate surface area is 491 Å². The molecule has 0 aromatic rings. The van der Waals surface area contributed by atoms with Crippen molar-refractivity contribution in [3.8, 4) is 0 Å². The van der Waals surface area contributed by atoms with Gasteiger partial charge in [0.15, 0.2) is 12.6 Å². The van der Waals surface area contributed by atoms with Gasteiger partial charge in [0.05, 0.1) is 26.4 Å². The van der Waals surface area contributed by atoms with Crippen LogP contribution in [0.15, 0.2) is 72.9 Å². The molecule has 14 nitrogen and oxygen atoms in total. The van der Waals surface area contributed by atoms with Crippen molar-refractivity contribution >= 4 is 5.97 Å². The quantitative estimate of drug-likeness (QED) is 0.0172. The fourth-order valence-electron chi connectivity index (χ4n) is 10.0. The molecule has 0 saturated carbocycles. The topological polar surface area (TPSA) is 214 Å². The molecule has 0 spiro atoms. The second-order valence-corrected chi connectivity index (χ2v) is 22.6. The van der Waals surface area contributed by atoms with Crippen molar-refractivity contribution in [1.82, 2.24) is 0 Å². The van der Waals surface area contributed by atoms with Gasteiger partial charge in [-0.3, -0.25) is 4.79 Å². The number of ether oxygens (including phenoxy) is 6. The Morgan fingerprint density at radius 2 is 0.802 bits per heavy atom. The van der Waals surface area contributed by atoms with Crippen LogP contribution in [-0.2, 0) is 33.2 Å². The number of hydrogen-bond acceptors (Lipinski definition) is 14. The van der Waals surface area contributed by atoms with E-state index < -0.39 is 80.7 Å². The maximum Gasteiger partial charge on any atom is 0.306 e. The lowest BCUT2D eigenvalue weighted by atomic mass is 9.98. The Kier molecular flexibility index (Phi) is 48.7. The highest BCUT2D eigenvalue weighted by Gasteiger charge is 2.47. The van der Waals surface area contributed by atoms with E-state index in [1.165, 1.54) is 141 Å². The molecule has 0 aromatic heterocycles. The van der Waals surface area contributed by atoms with E-state index in [9.17, 15) is 40.5 Å². The number of rotatable bonds is 53. The highest BCUT2D eigenvalue weighted by atomic mass is 16.7. The highest BCUT2D eigenvalue weighted by molar-refractivity contribution is 5.69. The van der Waals surface area contributed by atoms with Crippen molar-refractivity contribution in [3.05, 3.63) is 72.9 Å². The largest absolute Gasteiger partial charge is 0.457 e. The maximum atomic E-state index is 13.1. The van der Waals surface area contributed by atoms with Crippen LogP contribution in [0.1, 0.15) is 245 Å². The summed E-state index contributed by atoms with van der Waals surface area (Å²) in [6.45, 7) is 3.59. The van der Waals surface area contributed by atoms with E-state index in [-0.39, 0.29) is 25.6 Å². The second kappa shape index (κ2) is 52.9. The van der Waals surface area contributed by atoms with Gasteiger partial charge in [0.25, 0.3) is 0 Å². The molecular formula is C67H118O14. The third-order valence-corrected chi connectivity index (χ3v) is 15.2. The first-order valence-corrected chi connectivity index (χ1v) is 32.5. The molecule has 81 heavy (non-hydrogen) atoms. The van der Waals surface area contributed by atoms with E-state index in [1.54, 1.807) is 0 Å². The average Bonchev–Trinajstić information content (AvgIpc) is 3.46. The summed E-state index contributed by atoms with van der Waals surface area (Å²) in [7, 11) is 0. The number of unbranched alkanes of at least 4 members (excludes halogenated alkanes) is 27. The molecule has 470 valence electrons. The zero-order valence-corrected chi connectivity index (χ0v) is 50.8. The van der Waals surface area contributed by atoms with Crippen molar-refractivity contribution < 1.29 is 69.0 Å². The lowest BCUT2D eigenvalue weighted by Crippen LogP contribution is -2.61. The molecule has 0 bridgehead atoms. The first-order chi connectivity index (χ1) is 39.6. The number of aliphatic hydroxyl groups excluding tert-OH is 7.